The molecule has 0 saturated heterocycles. The van der Waals surface area contributed by atoms with Crippen molar-refractivity contribution in [2.24, 2.45) is 0 Å². The van der Waals surface area contributed by atoms with E-state index in [-0.39, 0.29) is 0 Å². The van der Waals surface area contributed by atoms with Crippen molar-refractivity contribution in [1.82, 2.24) is 25.2 Å². The Morgan fingerprint density at radius 3 is 1.84 bits per heavy atom. The molecule has 0 aromatic rings. The van der Waals surface area contributed by atoms with Crippen molar-refractivity contribution in [3.8, 4) is 0 Å². The van der Waals surface area contributed by atoms with E-state index < -0.39 is 0 Å². The molecule has 0 rings (SSSR count). The molecule has 3 N–H and O–H groups in total. The van der Waals surface area contributed by atoms with Gasteiger partial charge in [0.15, 0.2) is 0 Å². The Hall–Kier alpha value is -0.280. The summed E-state index contributed by atoms with van der Waals surface area (Å²) in [7, 11) is 4.18. The quantitative estimate of drug-likeness (QED) is 0.252. The average molecular weight is 362 g/mol. The molecule has 0 aliphatic heterocycles. The van der Waals surface area contributed by atoms with Crippen LogP contribution in [-0.4, -0.2) is 110 Å². The van der Waals surface area contributed by atoms with Crippen LogP contribution in [-0.2, 0) is 0 Å². The van der Waals surface area contributed by atoms with E-state index in [9.17, 15) is 10.4 Å². The lowest BCUT2D eigenvalue weighted by atomic mass is 10.3. The Morgan fingerprint density at radius 1 is 0.680 bits per heavy atom. The summed E-state index contributed by atoms with van der Waals surface area (Å²) in [5, 5.41) is 25.3. The lowest BCUT2D eigenvalue weighted by Gasteiger charge is -2.27. The van der Waals surface area contributed by atoms with Crippen molar-refractivity contribution in [2.75, 3.05) is 79.5 Å². The van der Waals surface area contributed by atoms with E-state index in [4.69, 9.17) is 0 Å². The zero-order valence-electron chi connectivity index (χ0n) is 17.1. The third kappa shape index (κ3) is 15.7. The highest BCUT2D eigenvalue weighted by molar-refractivity contribution is 4.63. The van der Waals surface area contributed by atoms with Gasteiger partial charge in [-0.2, -0.15) is 10.1 Å². The molecule has 0 aromatic carbocycles. The second-order valence-corrected chi connectivity index (χ2v) is 6.86. The Kier molecular flexibility index (Phi) is 17.0. The maximum atomic E-state index is 9.98. The van der Waals surface area contributed by atoms with Crippen LogP contribution in [0.15, 0.2) is 0 Å². The van der Waals surface area contributed by atoms with Gasteiger partial charge in [0.05, 0.1) is 0 Å². The van der Waals surface area contributed by atoms with Gasteiger partial charge in [0.25, 0.3) is 0 Å². The summed E-state index contributed by atoms with van der Waals surface area (Å²) in [6.45, 7) is 12.7. The van der Waals surface area contributed by atoms with Gasteiger partial charge >= 0.3 is 0 Å². The van der Waals surface area contributed by atoms with Crippen LogP contribution < -0.4 is 5.32 Å². The molecule has 7 heteroatoms. The van der Waals surface area contributed by atoms with E-state index in [2.05, 4.69) is 29.1 Å². The number of nitrogens with zero attached hydrogens (tertiary/aromatic N) is 4. The van der Waals surface area contributed by atoms with Crippen molar-refractivity contribution >= 4 is 0 Å². The van der Waals surface area contributed by atoms with Crippen LogP contribution in [0.1, 0.15) is 39.5 Å². The molecular weight excluding hydrogens is 318 g/mol. The standard InChI is InChI=1S/C18H43N5O2/c1-5-10-21(14-13-20(4)12-8-7-9-19-3)15-16-23(25)18-17-22(24)11-6-2/h19,24-25H,5-18H2,1-4H3. The van der Waals surface area contributed by atoms with Crippen LogP contribution in [0.25, 0.3) is 0 Å². The van der Waals surface area contributed by atoms with Crippen molar-refractivity contribution in [2.45, 2.75) is 39.5 Å². The van der Waals surface area contributed by atoms with Gasteiger partial charge in [0, 0.05) is 45.8 Å². The van der Waals surface area contributed by atoms with E-state index in [1.807, 2.05) is 14.0 Å². The monoisotopic (exact) mass is 361 g/mol. The molecule has 0 spiro atoms. The summed E-state index contributed by atoms with van der Waals surface area (Å²) in [6, 6.07) is 0. The normalized spacial score (nSPS) is 12.2. The minimum Gasteiger partial charge on any atom is -0.320 e. The maximum absolute atomic E-state index is 9.98. The highest BCUT2D eigenvalue weighted by Gasteiger charge is 2.09. The van der Waals surface area contributed by atoms with Gasteiger partial charge in [-0.25, -0.2) is 0 Å². The summed E-state index contributed by atoms with van der Waals surface area (Å²) in [6.07, 6.45) is 4.48. The van der Waals surface area contributed by atoms with Gasteiger partial charge < -0.3 is 25.5 Å². The van der Waals surface area contributed by atoms with Crippen LogP contribution in [0.5, 0.6) is 0 Å². The Balaban J connectivity index is 3.91. The van der Waals surface area contributed by atoms with Gasteiger partial charge in [-0.15, -0.1) is 0 Å². The molecule has 0 atom stereocenters. The molecule has 0 fully saturated rings. The maximum Gasteiger partial charge on any atom is 0.0389 e. The highest BCUT2D eigenvalue weighted by atomic mass is 16.5. The van der Waals surface area contributed by atoms with Gasteiger partial charge in [-0.1, -0.05) is 13.8 Å². The first-order chi connectivity index (χ1) is 12.0. The molecule has 25 heavy (non-hydrogen) atoms. The van der Waals surface area contributed by atoms with E-state index in [0.717, 1.165) is 52.1 Å². The minimum atomic E-state index is 0.474. The van der Waals surface area contributed by atoms with Crippen LogP contribution >= 0.6 is 0 Å². The molecule has 0 saturated carbocycles. The molecule has 152 valence electrons. The van der Waals surface area contributed by atoms with Crippen molar-refractivity contribution in [1.29, 1.82) is 0 Å². The summed E-state index contributed by atoms with van der Waals surface area (Å²) >= 11 is 0. The average Bonchev–Trinajstić information content (AvgIpc) is 2.59. The van der Waals surface area contributed by atoms with Crippen molar-refractivity contribution in [3.05, 3.63) is 0 Å². The number of hydroxylamine groups is 4. The molecule has 0 aliphatic carbocycles. The molecule has 0 amide bonds. The minimum absolute atomic E-state index is 0.474. The van der Waals surface area contributed by atoms with Crippen molar-refractivity contribution in [3.63, 3.8) is 0 Å². The Bertz CT molecular complexity index is 284. The van der Waals surface area contributed by atoms with E-state index in [1.54, 1.807) is 0 Å². The predicted molar refractivity (Wildman–Crippen MR) is 104 cm³/mol. The first-order valence-electron chi connectivity index (χ1n) is 9.96. The van der Waals surface area contributed by atoms with E-state index >= 15 is 0 Å². The fourth-order valence-electron chi connectivity index (χ4n) is 2.73. The smallest absolute Gasteiger partial charge is 0.0389 e. The SMILES string of the molecule is CCCN(O)CCN(O)CCN(CCC)CCN(C)CCCCNC. The summed E-state index contributed by atoms with van der Waals surface area (Å²) < 4.78 is 0. The number of nitrogens with one attached hydrogen (secondary N) is 1. The highest BCUT2D eigenvalue weighted by Crippen LogP contribution is 1.97. The topological polar surface area (TPSA) is 65.5 Å². The van der Waals surface area contributed by atoms with Gasteiger partial charge in [0.2, 0.25) is 0 Å². The predicted octanol–water partition coefficient (Wildman–Crippen LogP) is 1.42. The van der Waals surface area contributed by atoms with Crippen LogP contribution in [0.4, 0.5) is 0 Å². The van der Waals surface area contributed by atoms with Crippen LogP contribution in [0.3, 0.4) is 0 Å². The first kappa shape index (κ1) is 24.7. The molecule has 0 heterocycles. The summed E-state index contributed by atoms with van der Waals surface area (Å²) in [4.78, 5) is 4.81. The molecule has 0 bridgehead atoms. The third-order valence-corrected chi connectivity index (χ3v) is 4.33. The van der Waals surface area contributed by atoms with E-state index in [1.165, 1.54) is 23.0 Å². The van der Waals surface area contributed by atoms with Gasteiger partial charge in [0.1, 0.15) is 0 Å². The zero-order valence-corrected chi connectivity index (χ0v) is 17.1. The number of rotatable bonds is 18. The number of hydrogen-bond acceptors (Lipinski definition) is 7. The molecule has 0 radical (unpaired) electrons. The van der Waals surface area contributed by atoms with Gasteiger partial charge in [-0.05, 0) is 59.4 Å². The third-order valence-electron chi connectivity index (χ3n) is 4.33. The molecule has 7 nitrogen and oxygen atoms in total. The fraction of sp³-hybridized carbons (Fsp3) is 1.00. The Morgan fingerprint density at radius 2 is 1.24 bits per heavy atom. The largest absolute Gasteiger partial charge is 0.320 e. The number of hydrogen-bond donors (Lipinski definition) is 3. The van der Waals surface area contributed by atoms with E-state index in [0.29, 0.717) is 26.2 Å². The first-order valence-corrected chi connectivity index (χ1v) is 9.96. The molecular formula is C18H43N5O2. The lowest BCUT2D eigenvalue weighted by molar-refractivity contribution is -0.139. The van der Waals surface area contributed by atoms with Crippen LogP contribution in [0.2, 0.25) is 0 Å². The zero-order chi connectivity index (χ0) is 18.9. The second kappa shape index (κ2) is 17.1. The fourth-order valence-corrected chi connectivity index (χ4v) is 2.73. The number of unbranched alkanes of at least 4 members (excludes halogenated alkanes) is 1. The second-order valence-electron chi connectivity index (χ2n) is 6.86. The van der Waals surface area contributed by atoms with Crippen molar-refractivity contribution < 1.29 is 10.4 Å². The summed E-state index contributed by atoms with van der Waals surface area (Å²) in [5.41, 5.74) is 0. The summed E-state index contributed by atoms with van der Waals surface area (Å²) in [5.74, 6) is 0. The Labute approximate surface area is 155 Å². The molecule has 0 aliphatic rings. The molecule has 0 aromatic heterocycles. The van der Waals surface area contributed by atoms with Crippen LogP contribution in [0, 0.1) is 0 Å². The molecule has 0 unspecified atom stereocenters. The number of likely N-dealkylation sites (N-methyl/N-ethyl adjacent to an activating group) is 1. The lowest BCUT2D eigenvalue weighted by Crippen LogP contribution is -2.40. The van der Waals surface area contributed by atoms with Gasteiger partial charge in [-0.3, -0.25) is 0 Å².